The molecule has 1 aliphatic rings. The summed E-state index contributed by atoms with van der Waals surface area (Å²) in [6.07, 6.45) is 0.297. The van der Waals surface area contributed by atoms with E-state index in [1.54, 1.807) is 30.0 Å². The molecule has 1 aliphatic heterocycles. The molecule has 1 N–H and O–H groups in total. The molecule has 0 aromatic heterocycles. The van der Waals surface area contributed by atoms with Crippen LogP contribution >= 0.6 is 23.2 Å². The van der Waals surface area contributed by atoms with E-state index in [1.165, 1.54) is 0 Å². The van der Waals surface area contributed by atoms with Crippen LogP contribution < -0.4 is 4.74 Å². The summed E-state index contributed by atoms with van der Waals surface area (Å²) in [5, 5.41) is 10.3. The van der Waals surface area contributed by atoms with Gasteiger partial charge in [0.15, 0.2) is 6.10 Å². The van der Waals surface area contributed by atoms with Gasteiger partial charge in [0, 0.05) is 18.1 Å². The molecule has 0 spiro atoms. The quantitative estimate of drug-likeness (QED) is 0.932. The number of benzene rings is 1. The van der Waals surface area contributed by atoms with Crippen LogP contribution in [0.3, 0.4) is 0 Å². The molecule has 0 aliphatic carbocycles. The van der Waals surface area contributed by atoms with Gasteiger partial charge in [-0.1, -0.05) is 23.2 Å². The summed E-state index contributed by atoms with van der Waals surface area (Å²) < 4.78 is 5.60. The number of halogens is 2. The minimum Gasteiger partial charge on any atom is -0.479 e. The lowest BCUT2D eigenvalue weighted by Gasteiger charge is -2.31. The lowest BCUT2D eigenvalue weighted by molar-refractivity contribution is -0.139. The van der Waals surface area contributed by atoms with Gasteiger partial charge in [0.2, 0.25) is 0 Å². The van der Waals surface area contributed by atoms with Gasteiger partial charge in [-0.3, -0.25) is 4.79 Å². The highest BCUT2D eigenvalue weighted by atomic mass is 35.5. The maximum Gasteiger partial charge on any atom is 0.263 e. The molecule has 2 rings (SSSR count). The lowest BCUT2D eigenvalue weighted by Crippen LogP contribution is -2.45. The fourth-order valence-corrected chi connectivity index (χ4v) is 2.61. The van der Waals surface area contributed by atoms with E-state index in [9.17, 15) is 9.90 Å². The largest absolute Gasteiger partial charge is 0.479 e. The Balaban J connectivity index is 1.97. The Bertz CT molecular complexity index is 487. The Labute approximate surface area is 128 Å². The van der Waals surface area contributed by atoms with E-state index < -0.39 is 6.10 Å². The summed E-state index contributed by atoms with van der Waals surface area (Å²) in [5.41, 5.74) is 0. The number of carbonyl (C=O) groups excluding carboxylic acids is 1. The predicted octanol–water partition coefficient (Wildman–Crippen LogP) is 2.74. The van der Waals surface area contributed by atoms with Crippen molar-refractivity contribution >= 4 is 29.1 Å². The second kappa shape index (κ2) is 6.66. The SMILES string of the molecule is CC(Oc1ccc(Cl)cc1Cl)C(=O)N1CCC(O)CC1. The molecule has 110 valence electrons. The number of hydrogen-bond acceptors (Lipinski definition) is 3. The molecule has 0 saturated carbocycles. The Morgan fingerprint density at radius 3 is 2.65 bits per heavy atom. The highest BCUT2D eigenvalue weighted by Crippen LogP contribution is 2.28. The molecule has 1 aromatic rings. The van der Waals surface area contributed by atoms with Gasteiger partial charge in [-0.2, -0.15) is 0 Å². The van der Waals surface area contributed by atoms with Gasteiger partial charge in [-0.05, 0) is 38.0 Å². The third-order valence-electron chi connectivity index (χ3n) is 3.32. The van der Waals surface area contributed by atoms with E-state index in [0.717, 1.165) is 0 Å². The number of ether oxygens (including phenoxy) is 1. The molecule has 1 saturated heterocycles. The molecular weight excluding hydrogens is 301 g/mol. The first-order chi connectivity index (χ1) is 9.47. The van der Waals surface area contributed by atoms with Crippen LogP contribution in [0, 0.1) is 0 Å². The molecule has 20 heavy (non-hydrogen) atoms. The molecule has 1 fully saturated rings. The Morgan fingerprint density at radius 2 is 2.05 bits per heavy atom. The van der Waals surface area contributed by atoms with E-state index in [2.05, 4.69) is 0 Å². The third-order valence-corrected chi connectivity index (χ3v) is 3.85. The Hall–Kier alpha value is -0.970. The molecule has 6 heteroatoms. The number of nitrogens with zero attached hydrogens (tertiary/aromatic N) is 1. The van der Waals surface area contributed by atoms with Crippen molar-refractivity contribution in [2.75, 3.05) is 13.1 Å². The lowest BCUT2D eigenvalue weighted by atomic mass is 10.1. The number of hydrogen-bond donors (Lipinski definition) is 1. The molecule has 1 unspecified atom stereocenters. The van der Waals surface area contributed by atoms with Gasteiger partial charge in [0.1, 0.15) is 5.75 Å². The third kappa shape index (κ3) is 3.78. The molecule has 0 radical (unpaired) electrons. The minimum atomic E-state index is -0.621. The van der Waals surface area contributed by atoms with Crippen molar-refractivity contribution in [1.82, 2.24) is 4.90 Å². The van der Waals surface area contributed by atoms with Crippen LogP contribution in [-0.4, -0.2) is 41.2 Å². The zero-order chi connectivity index (χ0) is 14.7. The fraction of sp³-hybridized carbons (Fsp3) is 0.500. The highest BCUT2D eigenvalue weighted by molar-refractivity contribution is 6.35. The van der Waals surface area contributed by atoms with Gasteiger partial charge in [-0.15, -0.1) is 0 Å². The number of aliphatic hydroxyl groups is 1. The molecule has 1 amide bonds. The first-order valence-corrected chi connectivity index (χ1v) is 7.31. The minimum absolute atomic E-state index is 0.0945. The van der Waals surface area contributed by atoms with E-state index >= 15 is 0 Å². The fourth-order valence-electron chi connectivity index (χ4n) is 2.15. The maximum absolute atomic E-state index is 12.2. The average Bonchev–Trinajstić information content (AvgIpc) is 2.42. The van der Waals surface area contributed by atoms with Crippen LogP contribution in [0.2, 0.25) is 10.0 Å². The zero-order valence-corrected chi connectivity index (χ0v) is 12.7. The van der Waals surface area contributed by atoms with Gasteiger partial charge >= 0.3 is 0 Å². The molecule has 1 aromatic carbocycles. The van der Waals surface area contributed by atoms with Crippen LogP contribution in [0.1, 0.15) is 19.8 Å². The second-order valence-electron chi connectivity index (χ2n) is 4.89. The first kappa shape index (κ1) is 15.4. The number of amides is 1. The number of rotatable bonds is 3. The summed E-state index contributed by atoms with van der Waals surface area (Å²) in [6.45, 7) is 2.81. The number of piperidine rings is 1. The summed E-state index contributed by atoms with van der Waals surface area (Å²) in [7, 11) is 0. The van der Waals surface area contributed by atoms with Crippen molar-refractivity contribution in [2.45, 2.75) is 32.0 Å². The molecule has 1 atom stereocenters. The Kier molecular flexibility index (Phi) is 5.13. The number of aliphatic hydroxyl groups excluding tert-OH is 1. The van der Waals surface area contributed by atoms with E-state index in [-0.39, 0.29) is 12.0 Å². The summed E-state index contributed by atoms with van der Waals surface area (Å²) in [4.78, 5) is 13.9. The molecule has 1 heterocycles. The summed E-state index contributed by atoms with van der Waals surface area (Å²) >= 11 is 11.8. The van der Waals surface area contributed by atoms with Gasteiger partial charge in [0.05, 0.1) is 11.1 Å². The van der Waals surface area contributed by atoms with Gasteiger partial charge < -0.3 is 14.7 Å². The summed E-state index contributed by atoms with van der Waals surface area (Å²) in [5.74, 6) is 0.344. The standard InChI is InChI=1S/C14H17Cl2NO3/c1-9(14(19)17-6-4-11(18)5-7-17)20-13-3-2-10(15)8-12(13)16/h2-3,8-9,11,18H,4-7H2,1H3. The van der Waals surface area contributed by atoms with E-state index in [1.807, 2.05) is 0 Å². The smallest absolute Gasteiger partial charge is 0.263 e. The molecule has 4 nitrogen and oxygen atoms in total. The van der Waals surface area contributed by atoms with Gasteiger partial charge in [-0.25, -0.2) is 0 Å². The Morgan fingerprint density at radius 1 is 1.40 bits per heavy atom. The van der Waals surface area contributed by atoms with Crippen molar-refractivity contribution in [2.24, 2.45) is 0 Å². The van der Waals surface area contributed by atoms with Crippen molar-refractivity contribution < 1.29 is 14.6 Å². The van der Waals surface area contributed by atoms with Crippen molar-refractivity contribution in [1.29, 1.82) is 0 Å². The van der Waals surface area contributed by atoms with Crippen LogP contribution in [0.25, 0.3) is 0 Å². The second-order valence-corrected chi connectivity index (χ2v) is 5.73. The highest BCUT2D eigenvalue weighted by Gasteiger charge is 2.26. The average molecular weight is 318 g/mol. The maximum atomic E-state index is 12.2. The van der Waals surface area contributed by atoms with Gasteiger partial charge in [0.25, 0.3) is 5.91 Å². The van der Waals surface area contributed by atoms with E-state index in [4.69, 9.17) is 27.9 Å². The molecule has 0 bridgehead atoms. The van der Waals surface area contributed by atoms with Crippen molar-refractivity contribution in [3.63, 3.8) is 0 Å². The normalized spacial score (nSPS) is 17.9. The van der Waals surface area contributed by atoms with Crippen LogP contribution in [0.15, 0.2) is 18.2 Å². The predicted molar refractivity (Wildman–Crippen MR) is 78.4 cm³/mol. The van der Waals surface area contributed by atoms with E-state index in [0.29, 0.717) is 41.7 Å². The van der Waals surface area contributed by atoms with Crippen LogP contribution in [-0.2, 0) is 4.79 Å². The van der Waals surface area contributed by atoms with Crippen molar-refractivity contribution in [3.05, 3.63) is 28.2 Å². The topological polar surface area (TPSA) is 49.8 Å². The molecular formula is C14H17Cl2NO3. The first-order valence-electron chi connectivity index (χ1n) is 6.56. The van der Waals surface area contributed by atoms with Crippen LogP contribution in [0.4, 0.5) is 0 Å². The number of carbonyl (C=O) groups is 1. The summed E-state index contributed by atoms with van der Waals surface area (Å²) in [6, 6.07) is 4.89. The van der Waals surface area contributed by atoms with Crippen LogP contribution in [0.5, 0.6) is 5.75 Å². The monoisotopic (exact) mass is 317 g/mol. The van der Waals surface area contributed by atoms with Crippen molar-refractivity contribution in [3.8, 4) is 5.75 Å². The zero-order valence-electron chi connectivity index (χ0n) is 11.2. The number of likely N-dealkylation sites (tertiary alicyclic amines) is 1.